The van der Waals surface area contributed by atoms with Crippen molar-refractivity contribution in [2.24, 2.45) is 0 Å². The maximum Gasteiger partial charge on any atom is 0.328 e. The normalized spacial score (nSPS) is 17.2. The molecule has 7 rings (SSSR count). The van der Waals surface area contributed by atoms with E-state index in [0.29, 0.717) is 41.9 Å². The van der Waals surface area contributed by atoms with Crippen LogP contribution in [0.2, 0.25) is 0 Å². The molecule has 0 spiro atoms. The molecule has 0 bridgehead atoms. The Balaban J connectivity index is 1.28. The summed E-state index contributed by atoms with van der Waals surface area (Å²) in [5, 5.41) is 7.54. The van der Waals surface area contributed by atoms with Crippen LogP contribution in [0.5, 0.6) is 11.5 Å². The molecule has 0 amide bonds. The number of aromatic nitrogens is 5. The fourth-order valence-corrected chi connectivity index (χ4v) is 8.99. The summed E-state index contributed by atoms with van der Waals surface area (Å²) in [6.45, 7) is 21.7. The molecule has 1 aliphatic carbocycles. The quantitative estimate of drug-likeness (QED) is 0.0882. The average molecular weight is 859 g/mol. The largest absolute Gasteiger partial charge is 0.456 e. The first-order chi connectivity index (χ1) is 29.2. The summed E-state index contributed by atoms with van der Waals surface area (Å²) in [4.78, 5) is 42.5. The zero-order chi connectivity index (χ0) is 44.7. The van der Waals surface area contributed by atoms with Crippen LogP contribution >= 0.6 is 12.2 Å². The Morgan fingerprint density at radius 2 is 1.53 bits per heavy atom. The second-order valence-corrected chi connectivity index (χ2v) is 19.9. The molecule has 0 radical (unpaired) electrons. The Morgan fingerprint density at radius 3 is 2.19 bits per heavy atom. The van der Waals surface area contributed by atoms with Gasteiger partial charge in [0, 0.05) is 72.1 Å². The number of anilines is 2. The van der Waals surface area contributed by atoms with Gasteiger partial charge in [0.1, 0.15) is 11.5 Å². The van der Waals surface area contributed by atoms with E-state index in [1.807, 2.05) is 0 Å². The molecule has 2 aliphatic rings. The topological polar surface area (TPSA) is 182 Å². The van der Waals surface area contributed by atoms with Gasteiger partial charge in [-0.15, -0.1) is 0 Å². The Kier molecular flexibility index (Phi) is 12.4. The van der Waals surface area contributed by atoms with E-state index >= 15 is 0 Å². The molecule has 3 aromatic carbocycles. The lowest BCUT2D eigenvalue weighted by molar-refractivity contribution is 0.113. The number of fused-ring (bicyclic) bond motifs is 2. The molecular formula is C48H62N10O3S. The van der Waals surface area contributed by atoms with Crippen molar-refractivity contribution in [3.05, 3.63) is 121 Å². The summed E-state index contributed by atoms with van der Waals surface area (Å²) in [5.41, 5.74) is 18.7. The summed E-state index contributed by atoms with van der Waals surface area (Å²) in [7, 11) is 0. The first-order valence-electron chi connectivity index (χ1n) is 21.6. The molecule has 328 valence electrons. The number of aromatic amines is 1. The average Bonchev–Trinajstić information content (AvgIpc) is 3.19. The molecule has 0 saturated heterocycles. The third-order valence-electron chi connectivity index (χ3n) is 12.4. The lowest BCUT2D eigenvalue weighted by Gasteiger charge is -2.42. The van der Waals surface area contributed by atoms with Crippen molar-refractivity contribution in [3.63, 3.8) is 0 Å². The van der Waals surface area contributed by atoms with Crippen molar-refractivity contribution in [1.29, 1.82) is 0 Å². The lowest BCUT2D eigenvalue weighted by Crippen LogP contribution is -2.55. The fraction of sp³-hybridized carbons (Fsp3) is 0.458. The number of hydrogen-bond acceptors (Lipinski definition) is 10. The van der Waals surface area contributed by atoms with Gasteiger partial charge >= 0.3 is 5.69 Å². The fourth-order valence-electron chi connectivity index (χ4n) is 8.74. The molecular weight excluding hydrogens is 797 g/mol. The highest BCUT2D eigenvalue weighted by atomic mass is 32.1. The van der Waals surface area contributed by atoms with E-state index < -0.39 is 11.1 Å². The Bertz CT molecular complexity index is 2570. The Morgan fingerprint density at radius 1 is 0.903 bits per heavy atom. The number of hydrogen-bond donors (Lipinski definition) is 5. The van der Waals surface area contributed by atoms with Crippen LogP contribution in [0.3, 0.4) is 0 Å². The van der Waals surface area contributed by atoms with Crippen LogP contribution in [0, 0.1) is 6.92 Å². The highest BCUT2D eigenvalue weighted by Gasteiger charge is 2.41. The number of nitrogens with one attached hydrogen (secondary N) is 3. The lowest BCUT2D eigenvalue weighted by atomic mass is 9.70. The van der Waals surface area contributed by atoms with Gasteiger partial charge in [0.25, 0.3) is 5.56 Å². The molecule has 62 heavy (non-hydrogen) atoms. The number of nitrogen functional groups attached to an aromatic ring is 2. The van der Waals surface area contributed by atoms with Crippen LogP contribution in [0.15, 0.2) is 70.4 Å². The molecule has 1 saturated carbocycles. The van der Waals surface area contributed by atoms with Crippen LogP contribution in [0.4, 0.5) is 11.9 Å². The van der Waals surface area contributed by atoms with Gasteiger partial charge in [0.05, 0.1) is 5.56 Å². The molecule has 5 aromatic rings. The molecule has 1 fully saturated rings. The van der Waals surface area contributed by atoms with Gasteiger partial charge in [-0.1, -0.05) is 117 Å². The third-order valence-corrected chi connectivity index (χ3v) is 12.7. The minimum atomic E-state index is -0.477. The smallest absolute Gasteiger partial charge is 0.328 e. The summed E-state index contributed by atoms with van der Waals surface area (Å²) < 4.78 is 8.77. The van der Waals surface area contributed by atoms with Gasteiger partial charge in [0.2, 0.25) is 11.9 Å². The van der Waals surface area contributed by atoms with E-state index in [4.69, 9.17) is 28.4 Å². The predicted molar refractivity (Wildman–Crippen MR) is 252 cm³/mol. The molecule has 2 aromatic heterocycles. The summed E-state index contributed by atoms with van der Waals surface area (Å²) in [5.74, 6) is 1.99. The molecule has 0 unspecified atom stereocenters. The highest BCUT2D eigenvalue weighted by Crippen LogP contribution is 2.54. The minimum Gasteiger partial charge on any atom is -0.456 e. The van der Waals surface area contributed by atoms with Gasteiger partial charge < -0.3 is 26.8 Å². The molecule has 3 heterocycles. The third kappa shape index (κ3) is 9.56. The SMILES string of the molecule is Cc1cn(CCNC(=S)N[C@H]2CCCC[C@@H]2N(Cc2ccccc2)Cc2cc(C(C)(C)C)cc3c2Oc2c(-c4nc(N)nc(N)n4)cc(C(C)(C)C)cc2C3(C)C)c(=O)[nH]c1=O. The van der Waals surface area contributed by atoms with E-state index in [1.54, 1.807) is 13.1 Å². The van der Waals surface area contributed by atoms with Gasteiger partial charge in [0.15, 0.2) is 10.9 Å². The number of H-pyrrole nitrogens is 1. The molecule has 14 heteroatoms. The number of rotatable bonds is 10. The zero-order valence-corrected chi connectivity index (χ0v) is 38.4. The maximum atomic E-state index is 12.4. The van der Waals surface area contributed by atoms with Crippen molar-refractivity contribution < 1.29 is 4.74 Å². The standard InChI is InChI=1S/C48H62N10O3S/c1-28-25-57(45(60)55-41(28)59)20-19-51-44(62)52-36-17-13-14-18-37(36)58(26-29-15-11-10-12-16-29)27-30-21-31(46(2,3)4)23-34-38(30)61-39-33(40-53-42(49)56-43(50)54-40)22-32(47(5,6)7)24-35(39)48(34,8)9/h10-12,15-16,21-25,36-37H,13-14,17-20,26-27H2,1-9H3,(H2,51,52,62)(H,55,59,60)(H4,49,50,53,54,56)/t36-,37-/m0/s1. The first-order valence-corrected chi connectivity index (χ1v) is 22.0. The predicted octanol–water partition coefficient (Wildman–Crippen LogP) is 7.37. The van der Waals surface area contributed by atoms with Crippen LogP contribution in [-0.4, -0.2) is 53.1 Å². The van der Waals surface area contributed by atoms with Gasteiger partial charge in [-0.05, 0) is 65.6 Å². The van der Waals surface area contributed by atoms with Crippen molar-refractivity contribution in [1.82, 2.24) is 40.0 Å². The Hall–Kier alpha value is -5.60. The first kappa shape index (κ1) is 44.5. The zero-order valence-electron chi connectivity index (χ0n) is 37.6. The minimum absolute atomic E-state index is 0.0506. The summed E-state index contributed by atoms with van der Waals surface area (Å²) >= 11 is 5.89. The monoisotopic (exact) mass is 858 g/mol. The van der Waals surface area contributed by atoms with E-state index in [2.05, 4.69) is 145 Å². The molecule has 7 N–H and O–H groups in total. The van der Waals surface area contributed by atoms with Crippen LogP contribution in [0.25, 0.3) is 11.4 Å². The van der Waals surface area contributed by atoms with Crippen molar-refractivity contribution >= 4 is 29.2 Å². The number of nitrogens with two attached hydrogens (primary N) is 2. The Labute approximate surface area is 370 Å². The van der Waals surface area contributed by atoms with Gasteiger partial charge in [-0.2, -0.15) is 15.0 Å². The van der Waals surface area contributed by atoms with E-state index in [9.17, 15) is 9.59 Å². The summed E-state index contributed by atoms with van der Waals surface area (Å²) in [6, 6.07) is 19.9. The number of nitrogens with zero attached hydrogens (tertiary/aromatic N) is 5. The number of ether oxygens (including phenoxy) is 1. The second kappa shape index (κ2) is 17.3. The van der Waals surface area contributed by atoms with E-state index in [1.165, 1.54) is 15.7 Å². The van der Waals surface area contributed by atoms with E-state index in [-0.39, 0.29) is 40.4 Å². The number of aryl methyl sites for hydroxylation is 1. The van der Waals surface area contributed by atoms with Crippen LogP contribution in [-0.2, 0) is 35.9 Å². The van der Waals surface area contributed by atoms with Gasteiger partial charge in [-0.3, -0.25) is 19.2 Å². The second-order valence-electron chi connectivity index (χ2n) is 19.5. The van der Waals surface area contributed by atoms with Crippen molar-refractivity contribution in [3.8, 4) is 22.9 Å². The van der Waals surface area contributed by atoms with Gasteiger partial charge in [-0.25, -0.2) is 4.79 Å². The van der Waals surface area contributed by atoms with Crippen LogP contribution in [0.1, 0.15) is 120 Å². The maximum absolute atomic E-state index is 12.4. The molecule has 13 nitrogen and oxygen atoms in total. The molecule has 1 aliphatic heterocycles. The molecule has 2 atom stereocenters. The van der Waals surface area contributed by atoms with E-state index in [0.717, 1.165) is 65.8 Å². The number of benzene rings is 3. The van der Waals surface area contributed by atoms with Crippen molar-refractivity contribution in [2.45, 2.75) is 136 Å². The summed E-state index contributed by atoms with van der Waals surface area (Å²) in [6.07, 6.45) is 5.69. The number of thiocarbonyl (C=S) groups is 1. The highest BCUT2D eigenvalue weighted by molar-refractivity contribution is 7.80. The van der Waals surface area contributed by atoms with Crippen molar-refractivity contribution in [2.75, 3.05) is 18.0 Å². The van der Waals surface area contributed by atoms with Crippen LogP contribution < -0.4 is 38.1 Å².